The first-order chi connectivity index (χ1) is 17.3. The number of ether oxygens (including phenoxy) is 2. The van der Waals surface area contributed by atoms with Gasteiger partial charge in [0.2, 0.25) is 6.29 Å². The zero-order chi connectivity index (χ0) is 23.2. The lowest BCUT2D eigenvalue weighted by atomic mass is 9.71. The monoisotopic (exact) mass is 462 g/mol. The first-order valence-electron chi connectivity index (χ1n) is 13.7. The number of rotatable bonds is 2. The molecule has 0 spiro atoms. The second-order valence-electron chi connectivity index (χ2n) is 11.0. The molecule has 0 N–H and O–H groups in total. The molecule has 4 aromatic carbocycles. The van der Waals surface area contributed by atoms with E-state index in [-0.39, 0.29) is 6.29 Å². The van der Waals surface area contributed by atoms with Crippen LogP contribution in [0.3, 0.4) is 0 Å². The van der Waals surface area contributed by atoms with Crippen LogP contribution in [-0.4, -0.2) is 6.29 Å². The molecule has 1 heterocycles. The van der Waals surface area contributed by atoms with Crippen molar-refractivity contribution in [3.8, 4) is 22.6 Å². The Hall–Kier alpha value is -3.00. The van der Waals surface area contributed by atoms with Gasteiger partial charge in [-0.15, -0.1) is 0 Å². The molecular weight excluding hydrogens is 428 g/mol. The van der Waals surface area contributed by atoms with Crippen LogP contribution in [-0.2, 0) is 0 Å². The molecule has 0 aromatic heterocycles. The van der Waals surface area contributed by atoms with Crippen LogP contribution in [0.15, 0.2) is 72.8 Å². The highest BCUT2D eigenvalue weighted by Gasteiger charge is 2.36. The summed E-state index contributed by atoms with van der Waals surface area (Å²) in [6.07, 6.45) is 12.1. The van der Waals surface area contributed by atoms with Gasteiger partial charge in [0.05, 0.1) is 0 Å². The van der Waals surface area contributed by atoms with Crippen molar-refractivity contribution < 1.29 is 9.47 Å². The molecule has 0 bridgehead atoms. The van der Waals surface area contributed by atoms with E-state index < -0.39 is 0 Å². The third kappa shape index (κ3) is 3.78. The van der Waals surface area contributed by atoms with E-state index in [0.29, 0.717) is 5.92 Å². The third-order valence-corrected chi connectivity index (χ3v) is 9.04. The summed E-state index contributed by atoms with van der Waals surface area (Å²) < 4.78 is 13.6. The molecule has 0 radical (unpaired) electrons. The van der Waals surface area contributed by atoms with Gasteiger partial charge >= 0.3 is 0 Å². The van der Waals surface area contributed by atoms with Crippen LogP contribution in [0, 0.1) is 17.8 Å². The predicted molar refractivity (Wildman–Crippen MR) is 144 cm³/mol. The molecule has 7 rings (SSSR count). The highest BCUT2D eigenvalue weighted by atomic mass is 16.7. The molecule has 0 amide bonds. The van der Waals surface area contributed by atoms with E-state index in [1.807, 2.05) is 0 Å². The van der Waals surface area contributed by atoms with E-state index in [1.165, 1.54) is 90.5 Å². The smallest absolute Gasteiger partial charge is 0.243 e. The molecule has 2 aliphatic carbocycles. The predicted octanol–water partition coefficient (Wildman–Crippen LogP) is 9.14. The summed E-state index contributed by atoms with van der Waals surface area (Å²) in [4.78, 5) is 0. The Labute approximate surface area is 208 Å². The van der Waals surface area contributed by atoms with E-state index in [0.717, 1.165) is 23.3 Å². The lowest BCUT2D eigenvalue weighted by Gasteiger charge is -2.37. The lowest BCUT2D eigenvalue weighted by Crippen LogP contribution is -2.36. The van der Waals surface area contributed by atoms with Gasteiger partial charge < -0.3 is 9.47 Å². The SMILES string of the molecule is c1ccc2c3c(ccc2c1)OC(C1CCC(C2CCCCC2)CC1)Oc1ccc2ccccc2c1-3. The molecule has 178 valence electrons. The van der Waals surface area contributed by atoms with Crippen LogP contribution >= 0.6 is 0 Å². The number of fused-ring (bicyclic) bond motifs is 7. The molecule has 3 aliphatic rings. The van der Waals surface area contributed by atoms with Crippen molar-refractivity contribution in [3.05, 3.63) is 72.8 Å². The Bertz CT molecular complexity index is 1270. The van der Waals surface area contributed by atoms with E-state index in [9.17, 15) is 0 Å². The maximum atomic E-state index is 6.79. The maximum Gasteiger partial charge on any atom is 0.243 e. The molecule has 0 saturated heterocycles. The average Bonchev–Trinajstić information content (AvgIpc) is 3.11. The Morgan fingerprint density at radius 2 is 0.943 bits per heavy atom. The second kappa shape index (κ2) is 8.90. The van der Waals surface area contributed by atoms with E-state index >= 15 is 0 Å². The molecule has 0 atom stereocenters. The first kappa shape index (κ1) is 21.3. The number of hydrogen-bond acceptors (Lipinski definition) is 2. The number of benzene rings is 4. The van der Waals surface area contributed by atoms with Crippen LogP contribution in [0.4, 0.5) is 0 Å². The molecule has 1 aliphatic heterocycles. The van der Waals surface area contributed by atoms with Gasteiger partial charge in [-0.1, -0.05) is 92.8 Å². The Kier molecular flexibility index (Phi) is 5.41. The van der Waals surface area contributed by atoms with Crippen molar-refractivity contribution in [3.63, 3.8) is 0 Å². The fourth-order valence-corrected chi connectivity index (χ4v) is 7.18. The van der Waals surface area contributed by atoms with Gasteiger partial charge in [0, 0.05) is 17.0 Å². The summed E-state index contributed by atoms with van der Waals surface area (Å²) in [5.74, 6) is 4.22. The third-order valence-electron chi connectivity index (χ3n) is 9.04. The van der Waals surface area contributed by atoms with Gasteiger partial charge in [0.15, 0.2) is 0 Å². The molecule has 2 saturated carbocycles. The Morgan fingerprint density at radius 3 is 1.51 bits per heavy atom. The molecule has 0 unspecified atom stereocenters. The number of hydrogen-bond donors (Lipinski definition) is 0. The van der Waals surface area contributed by atoms with E-state index in [2.05, 4.69) is 72.8 Å². The Morgan fingerprint density at radius 1 is 0.457 bits per heavy atom. The zero-order valence-corrected chi connectivity index (χ0v) is 20.4. The second-order valence-corrected chi connectivity index (χ2v) is 11.0. The van der Waals surface area contributed by atoms with Crippen molar-refractivity contribution in [1.82, 2.24) is 0 Å². The molecule has 35 heavy (non-hydrogen) atoms. The topological polar surface area (TPSA) is 18.5 Å². The Balaban J connectivity index is 1.28. The molecule has 4 aromatic rings. The fourth-order valence-electron chi connectivity index (χ4n) is 7.18. The fraction of sp³-hybridized carbons (Fsp3) is 0.394. The lowest BCUT2D eigenvalue weighted by molar-refractivity contribution is -0.0562. The minimum absolute atomic E-state index is 0.232. The van der Waals surface area contributed by atoms with Gasteiger partial charge in [0.1, 0.15) is 11.5 Å². The quantitative estimate of drug-likeness (QED) is 0.296. The van der Waals surface area contributed by atoms with Crippen LogP contribution in [0.5, 0.6) is 11.5 Å². The molecule has 2 heteroatoms. The van der Waals surface area contributed by atoms with Crippen molar-refractivity contribution in [1.29, 1.82) is 0 Å². The molecule has 2 nitrogen and oxygen atoms in total. The van der Waals surface area contributed by atoms with E-state index in [4.69, 9.17) is 9.47 Å². The summed E-state index contributed by atoms with van der Waals surface area (Å²) in [7, 11) is 0. The highest BCUT2D eigenvalue weighted by Crippen LogP contribution is 2.49. The summed E-state index contributed by atoms with van der Waals surface area (Å²) in [5, 5.41) is 4.93. The summed E-state index contributed by atoms with van der Waals surface area (Å²) in [6, 6.07) is 26.0. The maximum absolute atomic E-state index is 6.79. The minimum Gasteiger partial charge on any atom is -0.454 e. The highest BCUT2D eigenvalue weighted by molar-refractivity contribution is 6.09. The first-order valence-corrected chi connectivity index (χ1v) is 13.7. The van der Waals surface area contributed by atoms with Gasteiger partial charge in [-0.3, -0.25) is 0 Å². The molecule has 2 fully saturated rings. The largest absolute Gasteiger partial charge is 0.454 e. The van der Waals surface area contributed by atoms with Gasteiger partial charge in [-0.05, 0) is 71.2 Å². The minimum atomic E-state index is -0.232. The standard InChI is InChI=1S/C33H34O2/c1-2-8-22(9-3-1)23-14-16-26(17-15-23)33-34-29-20-18-24-10-4-6-12-27(24)31(29)32-28-13-7-5-11-25(28)19-21-30(32)35-33/h4-7,10-13,18-23,26,33H,1-3,8-9,14-17H2. The van der Waals surface area contributed by atoms with Crippen LogP contribution in [0.1, 0.15) is 57.8 Å². The van der Waals surface area contributed by atoms with Crippen LogP contribution in [0.25, 0.3) is 32.7 Å². The average molecular weight is 463 g/mol. The van der Waals surface area contributed by atoms with Crippen LogP contribution in [0.2, 0.25) is 0 Å². The molecular formula is C33H34O2. The van der Waals surface area contributed by atoms with Crippen molar-refractivity contribution in [2.75, 3.05) is 0 Å². The van der Waals surface area contributed by atoms with Crippen molar-refractivity contribution >= 4 is 21.5 Å². The summed E-state index contributed by atoms with van der Waals surface area (Å²) >= 11 is 0. The normalized spacial score (nSPS) is 23.2. The van der Waals surface area contributed by atoms with Gasteiger partial charge in [-0.25, -0.2) is 0 Å². The summed E-state index contributed by atoms with van der Waals surface area (Å²) in [5.41, 5.74) is 2.35. The van der Waals surface area contributed by atoms with Gasteiger partial charge in [-0.2, -0.15) is 0 Å². The van der Waals surface area contributed by atoms with E-state index in [1.54, 1.807) is 0 Å². The zero-order valence-electron chi connectivity index (χ0n) is 20.4. The summed E-state index contributed by atoms with van der Waals surface area (Å²) in [6.45, 7) is 0. The van der Waals surface area contributed by atoms with Crippen LogP contribution < -0.4 is 9.47 Å². The van der Waals surface area contributed by atoms with Crippen molar-refractivity contribution in [2.45, 2.75) is 64.1 Å². The van der Waals surface area contributed by atoms with Gasteiger partial charge in [0.25, 0.3) is 0 Å². The van der Waals surface area contributed by atoms with Crippen molar-refractivity contribution in [2.24, 2.45) is 17.8 Å².